The van der Waals surface area contributed by atoms with E-state index in [0.717, 1.165) is 11.3 Å². The molecule has 90 valence electrons. The molecule has 0 unspecified atom stereocenters. The van der Waals surface area contributed by atoms with Crippen LogP contribution in [-0.2, 0) is 0 Å². The van der Waals surface area contributed by atoms with E-state index >= 15 is 0 Å². The minimum atomic E-state index is 0.557. The second-order valence-electron chi connectivity index (χ2n) is 3.74. The number of nitrogens with two attached hydrogens (primary N) is 2. The molecule has 0 atom stereocenters. The molecule has 0 aliphatic carbocycles. The molecule has 0 radical (unpaired) electrons. The van der Waals surface area contributed by atoms with Crippen LogP contribution in [0.3, 0.4) is 0 Å². The van der Waals surface area contributed by atoms with Gasteiger partial charge in [-0.3, -0.25) is 0 Å². The van der Waals surface area contributed by atoms with Gasteiger partial charge in [-0.25, -0.2) is 0 Å². The first kappa shape index (κ1) is 10.7. The van der Waals surface area contributed by atoms with Gasteiger partial charge in [-0.15, -0.1) is 5.10 Å². The number of tetrazole rings is 1. The van der Waals surface area contributed by atoms with Gasteiger partial charge in [0.25, 0.3) is 0 Å². The summed E-state index contributed by atoms with van der Waals surface area (Å²) in [5, 5.41) is 15.6. The highest BCUT2D eigenvalue weighted by Gasteiger charge is 2.13. The van der Waals surface area contributed by atoms with Crippen LogP contribution >= 0.6 is 11.3 Å². The topological polar surface area (TPSA) is 95.6 Å². The fourth-order valence-corrected chi connectivity index (χ4v) is 2.31. The van der Waals surface area contributed by atoms with Crippen molar-refractivity contribution in [3.63, 3.8) is 0 Å². The second-order valence-corrected chi connectivity index (χ2v) is 4.52. The Morgan fingerprint density at radius 1 is 1.17 bits per heavy atom. The quantitative estimate of drug-likeness (QED) is 0.680. The molecular weight excluding hydrogens is 248 g/mol. The number of hydrogen-bond donors (Lipinski definition) is 2. The maximum atomic E-state index is 5.95. The molecule has 3 aromatic rings. The van der Waals surface area contributed by atoms with Crippen LogP contribution in [0.25, 0.3) is 17.1 Å². The number of hydrogen-bond acceptors (Lipinski definition) is 6. The number of anilines is 2. The molecule has 0 aliphatic heterocycles. The lowest BCUT2D eigenvalue weighted by Gasteiger charge is -2.06. The van der Waals surface area contributed by atoms with Crippen LogP contribution < -0.4 is 11.5 Å². The van der Waals surface area contributed by atoms with Crippen molar-refractivity contribution in [2.75, 3.05) is 11.5 Å². The van der Waals surface area contributed by atoms with E-state index in [2.05, 4.69) is 15.5 Å². The minimum absolute atomic E-state index is 0.557. The Hall–Kier alpha value is -2.41. The third-order valence-corrected chi connectivity index (χ3v) is 3.21. The average Bonchev–Trinajstić information content (AvgIpc) is 2.98. The zero-order valence-corrected chi connectivity index (χ0v) is 10.1. The molecule has 1 aromatic carbocycles. The summed E-state index contributed by atoms with van der Waals surface area (Å²) in [5.74, 6) is 0.603. The summed E-state index contributed by atoms with van der Waals surface area (Å²) >= 11 is 1.58. The van der Waals surface area contributed by atoms with Gasteiger partial charge in [0.15, 0.2) is 5.82 Å². The van der Waals surface area contributed by atoms with Crippen LogP contribution in [0.2, 0.25) is 0 Å². The van der Waals surface area contributed by atoms with Gasteiger partial charge in [-0.2, -0.15) is 16.0 Å². The van der Waals surface area contributed by atoms with Gasteiger partial charge in [-0.1, -0.05) is 0 Å². The normalized spacial score (nSPS) is 10.7. The van der Waals surface area contributed by atoms with E-state index in [0.29, 0.717) is 17.2 Å². The Labute approximate surface area is 107 Å². The molecule has 0 saturated carbocycles. The molecule has 2 heterocycles. The van der Waals surface area contributed by atoms with Gasteiger partial charge in [0.2, 0.25) is 0 Å². The standard InChI is InChI=1S/C11H10N6S/c12-7-1-2-9(10(13)5-7)11-14-15-16-17(11)8-3-4-18-6-8/h1-6H,12-13H2. The molecule has 2 aromatic heterocycles. The third kappa shape index (κ3) is 1.70. The maximum Gasteiger partial charge on any atom is 0.189 e. The summed E-state index contributed by atoms with van der Waals surface area (Å²) < 4.78 is 1.65. The van der Waals surface area contributed by atoms with Crippen molar-refractivity contribution in [2.24, 2.45) is 0 Å². The van der Waals surface area contributed by atoms with E-state index < -0.39 is 0 Å². The minimum Gasteiger partial charge on any atom is -0.399 e. The fraction of sp³-hybridized carbons (Fsp3) is 0. The van der Waals surface area contributed by atoms with Crippen molar-refractivity contribution >= 4 is 22.7 Å². The molecule has 18 heavy (non-hydrogen) atoms. The molecular formula is C11H10N6S. The molecule has 0 saturated heterocycles. The van der Waals surface area contributed by atoms with E-state index in [1.54, 1.807) is 28.2 Å². The molecule has 4 N–H and O–H groups in total. The summed E-state index contributed by atoms with van der Waals surface area (Å²) in [7, 11) is 0. The first-order valence-electron chi connectivity index (χ1n) is 5.22. The lowest BCUT2D eigenvalue weighted by atomic mass is 10.1. The van der Waals surface area contributed by atoms with Crippen molar-refractivity contribution in [2.45, 2.75) is 0 Å². The van der Waals surface area contributed by atoms with Crippen LogP contribution in [0.4, 0.5) is 11.4 Å². The van der Waals surface area contributed by atoms with Gasteiger partial charge >= 0.3 is 0 Å². The summed E-state index contributed by atoms with van der Waals surface area (Å²) in [5.41, 5.74) is 14.5. The Kier molecular flexibility index (Phi) is 2.45. The van der Waals surface area contributed by atoms with Crippen molar-refractivity contribution < 1.29 is 0 Å². The van der Waals surface area contributed by atoms with Crippen molar-refractivity contribution in [1.29, 1.82) is 0 Å². The zero-order chi connectivity index (χ0) is 12.5. The Morgan fingerprint density at radius 2 is 2.06 bits per heavy atom. The zero-order valence-electron chi connectivity index (χ0n) is 9.32. The molecule has 7 heteroatoms. The highest BCUT2D eigenvalue weighted by atomic mass is 32.1. The lowest BCUT2D eigenvalue weighted by molar-refractivity contribution is 0.793. The lowest BCUT2D eigenvalue weighted by Crippen LogP contribution is -2.01. The first-order chi connectivity index (χ1) is 8.75. The van der Waals surface area contributed by atoms with Gasteiger partial charge < -0.3 is 11.5 Å². The average molecular weight is 258 g/mol. The van der Waals surface area contributed by atoms with E-state index in [1.807, 2.05) is 22.9 Å². The Balaban J connectivity index is 2.16. The van der Waals surface area contributed by atoms with Gasteiger partial charge in [0, 0.05) is 22.3 Å². The van der Waals surface area contributed by atoms with Gasteiger partial charge in [-0.05, 0) is 40.1 Å². The highest BCUT2D eigenvalue weighted by Crippen LogP contribution is 2.27. The largest absolute Gasteiger partial charge is 0.399 e. The summed E-state index contributed by atoms with van der Waals surface area (Å²) in [6.07, 6.45) is 0. The van der Waals surface area contributed by atoms with Crippen LogP contribution in [0.15, 0.2) is 35.0 Å². The Bertz CT molecular complexity index is 673. The van der Waals surface area contributed by atoms with Crippen molar-refractivity contribution in [3.05, 3.63) is 35.0 Å². The molecule has 3 rings (SSSR count). The van der Waals surface area contributed by atoms with E-state index in [-0.39, 0.29) is 0 Å². The number of aromatic nitrogens is 4. The molecule has 6 nitrogen and oxygen atoms in total. The predicted octanol–water partition coefficient (Wildman–Crippen LogP) is 1.56. The third-order valence-electron chi connectivity index (χ3n) is 2.54. The van der Waals surface area contributed by atoms with Gasteiger partial charge in [0.05, 0.1) is 5.69 Å². The van der Waals surface area contributed by atoms with Gasteiger partial charge in [0.1, 0.15) is 0 Å². The van der Waals surface area contributed by atoms with Crippen LogP contribution in [0.5, 0.6) is 0 Å². The van der Waals surface area contributed by atoms with E-state index in [1.165, 1.54) is 0 Å². The van der Waals surface area contributed by atoms with Crippen LogP contribution in [-0.4, -0.2) is 20.2 Å². The smallest absolute Gasteiger partial charge is 0.189 e. The molecule has 0 amide bonds. The number of nitrogen functional groups attached to an aromatic ring is 2. The molecule has 0 bridgehead atoms. The predicted molar refractivity (Wildman–Crippen MR) is 71.3 cm³/mol. The maximum absolute atomic E-state index is 5.95. The highest BCUT2D eigenvalue weighted by molar-refractivity contribution is 7.08. The van der Waals surface area contributed by atoms with Crippen LogP contribution in [0, 0.1) is 0 Å². The monoisotopic (exact) mass is 258 g/mol. The Morgan fingerprint density at radius 3 is 2.78 bits per heavy atom. The summed E-state index contributed by atoms with van der Waals surface area (Å²) in [4.78, 5) is 0. The molecule has 0 fully saturated rings. The fourth-order valence-electron chi connectivity index (χ4n) is 1.69. The first-order valence-corrected chi connectivity index (χ1v) is 6.16. The van der Waals surface area contributed by atoms with Crippen molar-refractivity contribution in [1.82, 2.24) is 20.2 Å². The SMILES string of the molecule is Nc1ccc(-c2nnnn2-c2ccsc2)c(N)c1. The van der Waals surface area contributed by atoms with Crippen LogP contribution in [0.1, 0.15) is 0 Å². The second kappa shape index (κ2) is 4.11. The summed E-state index contributed by atoms with van der Waals surface area (Å²) in [6.45, 7) is 0. The number of thiophene rings is 1. The van der Waals surface area contributed by atoms with E-state index in [4.69, 9.17) is 11.5 Å². The van der Waals surface area contributed by atoms with Crippen molar-refractivity contribution in [3.8, 4) is 17.1 Å². The molecule has 0 aliphatic rings. The number of nitrogens with zero attached hydrogens (tertiary/aromatic N) is 4. The summed E-state index contributed by atoms with van der Waals surface area (Å²) in [6, 6.07) is 7.23. The number of rotatable bonds is 2. The number of benzene rings is 1. The van der Waals surface area contributed by atoms with E-state index in [9.17, 15) is 0 Å². The molecule has 0 spiro atoms.